The molecule has 1 heterocycles. The summed E-state index contributed by atoms with van der Waals surface area (Å²) in [5.74, 6) is -1.31. The van der Waals surface area contributed by atoms with Gasteiger partial charge in [-0.25, -0.2) is 4.79 Å². The van der Waals surface area contributed by atoms with Crippen LogP contribution in [0, 0.1) is 11.3 Å². The Morgan fingerprint density at radius 2 is 2.04 bits per heavy atom. The van der Waals surface area contributed by atoms with Crippen LogP contribution in [0.5, 0.6) is 0 Å². The summed E-state index contributed by atoms with van der Waals surface area (Å²) in [7, 11) is 0. The smallest absolute Gasteiger partial charge is 0.338 e. The minimum Gasteiger partial charge on any atom is -0.452 e. The van der Waals surface area contributed by atoms with Gasteiger partial charge in [-0.15, -0.1) is 0 Å². The van der Waals surface area contributed by atoms with Crippen LogP contribution in [-0.2, 0) is 14.3 Å². The summed E-state index contributed by atoms with van der Waals surface area (Å²) in [6.07, 6.45) is 0.137. The molecule has 0 bridgehead atoms. The summed E-state index contributed by atoms with van der Waals surface area (Å²) < 4.78 is 5.13. The van der Waals surface area contributed by atoms with E-state index in [4.69, 9.17) is 10.00 Å². The summed E-state index contributed by atoms with van der Waals surface area (Å²) in [5.41, 5.74) is 1.62. The molecule has 2 amide bonds. The van der Waals surface area contributed by atoms with E-state index >= 15 is 0 Å². The second-order valence-corrected chi connectivity index (χ2v) is 6.15. The van der Waals surface area contributed by atoms with E-state index in [1.54, 1.807) is 43.3 Å². The minimum atomic E-state index is -0.689. The van der Waals surface area contributed by atoms with Crippen molar-refractivity contribution in [1.82, 2.24) is 0 Å². The van der Waals surface area contributed by atoms with Gasteiger partial charge in [0, 0.05) is 12.5 Å². The highest BCUT2D eigenvalue weighted by Gasteiger charge is 2.30. The molecule has 0 unspecified atom stereocenters. The molecule has 1 N–H and O–H groups in total. The van der Waals surface area contributed by atoms with Gasteiger partial charge in [0.2, 0.25) is 5.91 Å². The van der Waals surface area contributed by atoms with Crippen molar-refractivity contribution in [3.8, 4) is 6.07 Å². The molecule has 0 aliphatic carbocycles. The second kappa shape index (κ2) is 7.70. The van der Waals surface area contributed by atoms with Crippen molar-refractivity contribution in [2.24, 2.45) is 0 Å². The lowest BCUT2D eigenvalue weighted by atomic mass is 10.1. The van der Waals surface area contributed by atoms with Gasteiger partial charge in [-0.05, 0) is 37.3 Å². The van der Waals surface area contributed by atoms with Gasteiger partial charge in [-0.3, -0.25) is 9.59 Å². The topological polar surface area (TPSA) is 99.5 Å². The van der Waals surface area contributed by atoms with E-state index in [2.05, 4.69) is 5.32 Å². The normalized spacial score (nSPS) is 15.8. The van der Waals surface area contributed by atoms with Crippen molar-refractivity contribution >= 4 is 29.2 Å². The zero-order chi connectivity index (χ0) is 19.4. The Balaban J connectivity index is 1.76. The Hall–Kier alpha value is -3.66. The maximum Gasteiger partial charge on any atom is 0.338 e. The Morgan fingerprint density at radius 3 is 2.81 bits per heavy atom. The predicted octanol–water partition coefficient (Wildman–Crippen LogP) is 2.48. The van der Waals surface area contributed by atoms with E-state index in [0.717, 1.165) is 0 Å². The van der Waals surface area contributed by atoms with E-state index in [1.807, 2.05) is 6.07 Å². The third kappa shape index (κ3) is 3.96. The average molecular weight is 363 g/mol. The monoisotopic (exact) mass is 363 g/mol. The first kappa shape index (κ1) is 18.1. The number of nitrogens with one attached hydrogen (secondary N) is 1. The quantitative estimate of drug-likeness (QED) is 0.845. The molecule has 7 heteroatoms. The largest absolute Gasteiger partial charge is 0.452 e. The van der Waals surface area contributed by atoms with E-state index in [9.17, 15) is 14.4 Å². The van der Waals surface area contributed by atoms with Crippen molar-refractivity contribution in [1.29, 1.82) is 5.26 Å². The molecule has 1 atom stereocenters. The van der Waals surface area contributed by atoms with Crippen LogP contribution in [0.4, 0.5) is 11.4 Å². The summed E-state index contributed by atoms with van der Waals surface area (Å²) >= 11 is 0. The number of ether oxygens (including phenoxy) is 1. The maximum atomic E-state index is 12.7. The number of fused-ring (bicyclic) bond motifs is 1. The molecule has 27 heavy (non-hydrogen) atoms. The Kier molecular flexibility index (Phi) is 5.18. The Bertz CT molecular complexity index is 948. The number of anilines is 2. The molecular weight excluding hydrogens is 346 g/mol. The van der Waals surface area contributed by atoms with Crippen molar-refractivity contribution in [2.75, 3.05) is 16.8 Å². The number of hydrogen-bond acceptors (Lipinski definition) is 5. The number of hydrogen-bond donors (Lipinski definition) is 1. The molecule has 1 aliphatic rings. The van der Waals surface area contributed by atoms with Gasteiger partial charge in [0.15, 0.2) is 6.61 Å². The first-order chi connectivity index (χ1) is 13.0. The predicted molar refractivity (Wildman–Crippen MR) is 98.1 cm³/mol. The first-order valence-corrected chi connectivity index (χ1v) is 8.38. The zero-order valence-electron chi connectivity index (χ0n) is 14.6. The Labute approximate surface area is 156 Å². The van der Waals surface area contributed by atoms with Crippen LogP contribution < -0.4 is 10.2 Å². The molecule has 7 nitrogen and oxygen atoms in total. The standard InChI is InChI=1S/C20H17N3O4/c1-13-9-18(24)22-16-7-2-3-8-17(16)23(13)19(25)12-27-20(26)15-6-4-5-14(10-15)11-21/h2-8,10,13H,9,12H2,1H3,(H,22,24)/t13-/m0/s1. The van der Waals surface area contributed by atoms with Gasteiger partial charge in [0.05, 0.1) is 28.6 Å². The van der Waals surface area contributed by atoms with Crippen LogP contribution in [0.2, 0.25) is 0 Å². The van der Waals surface area contributed by atoms with Crippen LogP contribution >= 0.6 is 0 Å². The van der Waals surface area contributed by atoms with Gasteiger partial charge >= 0.3 is 5.97 Å². The molecule has 0 aromatic heterocycles. The lowest BCUT2D eigenvalue weighted by Gasteiger charge is -2.27. The number of amides is 2. The number of nitrogens with zero attached hydrogens (tertiary/aromatic N) is 2. The fourth-order valence-corrected chi connectivity index (χ4v) is 2.96. The summed E-state index contributed by atoms with van der Waals surface area (Å²) in [6, 6.07) is 14.6. The molecule has 2 aromatic carbocycles. The van der Waals surface area contributed by atoms with Gasteiger partial charge < -0.3 is 15.0 Å². The molecular formula is C20H17N3O4. The van der Waals surface area contributed by atoms with Crippen LogP contribution in [0.15, 0.2) is 48.5 Å². The molecule has 0 radical (unpaired) electrons. The number of benzene rings is 2. The van der Waals surface area contributed by atoms with Crippen molar-refractivity contribution in [3.63, 3.8) is 0 Å². The van der Waals surface area contributed by atoms with Crippen LogP contribution in [0.3, 0.4) is 0 Å². The van der Waals surface area contributed by atoms with Crippen LogP contribution in [0.1, 0.15) is 29.3 Å². The number of para-hydroxylation sites is 2. The van der Waals surface area contributed by atoms with E-state index in [1.165, 1.54) is 17.0 Å². The van der Waals surface area contributed by atoms with Gasteiger partial charge in [0.1, 0.15) is 0 Å². The zero-order valence-corrected chi connectivity index (χ0v) is 14.6. The molecule has 0 saturated carbocycles. The number of esters is 1. The SMILES string of the molecule is C[C@H]1CC(=O)Nc2ccccc2N1C(=O)COC(=O)c1cccc(C#N)c1. The summed E-state index contributed by atoms with van der Waals surface area (Å²) in [4.78, 5) is 38.4. The van der Waals surface area contributed by atoms with Crippen LogP contribution in [-0.4, -0.2) is 30.4 Å². The molecule has 136 valence electrons. The summed E-state index contributed by atoms with van der Waals surface area (Å²) in [6.45, 7) is 1.29. The van der Waals surface area contributed by atoms with Gasteiger partial charge in [-0.1, -0.05) is 18.2 Å². The van der Waals surface area contributed by atoms with E-state index < -0.39 is 18.5 Å². The van der Waals surface area contributed by atoms with Crippen LogP contribution in [0.25, 0.3) is 0 Å². The number of rotatable bonds is 3. The van der Waals surface area contributed by atoms with Crippen molar-refractivity contribution < 1.29 is 19.1 Å². The first-order valence-electron chi connectivity index (χ1n) is 8.38. The number of carbonyl (C=O) groups is 3. The Morgan fingerprint density at radius 1 is 1.26 bits per heavy atom. The minimum absolute atomic E-state index is 0.137. The number of nitriles is 1. The second-order valence-electron chi connectivity index (χ2n) is 6.15. The van der Waals surface area contributed by atoms with Gasteiger partial charge in [0.25, 0.3) is 5.91 Å². The van der Waals surface area contributed by atoms with Crippen molar-refractivity contribution in [2.45, 2.75) is 19.4 Å². The fraction of sp³-hybridized carbons (Fsp3) is 0.200. The molecule has 0 fully saturated rings. The average Bonchev–Trinajstić information content (AvgIpc) is 2.80. The lowest BCUT2D eigenvalue weighted by Crippen LogP contribution is -2.41. The van der Waals surface area contributed by atoms with Gasteiger partial charge in [-0.2, -0.15) is 5.26 Å². The highest BCUT2D eigenvalue weighted by molar-refractivity contribution is 6.05. The summed E-state index contributed by atoms with van der Waals surface area (Å²) in [5, 5.41) is 11.7. The lowest BCUT2D eigenvalue weighted by molar-refractivity contribution is -0.122. The highest BCUT2D eigenvalue weighted by atomic mass is 16.5. The molecule has 0 spiro atoms. The third-order valence-electron chi connectivity index (χ3n) is 4.18. The molecule has 0 saturated heterocycles. The highest BCUT2D eigenvalue weighted by Crippen LogP contribution is 2.31. The molecule has 1 aliphatic heterocycles. The maximum absolute atomic E-state index is 12.7. The molecule has 3 rings (SSSR count). The van der Waals surface area contributed by atoms with E-state index in [-0.39, 0.29) is 23.9 Å². The van der Waals surface area contributed by atoms with E-state index in [0.29, 0.717) is 16.9 Å². The number of carbonyl (C=O) groups excluding carboxylic acids is 3. The fourth-order valence-electron chi connectivity index (χ4n) is 2.96. The van der Waals surface area contributed by atoms with Crippen molar-refractivity contribution in [3.05, 3.63) is 59.7 Å². The third-order valence-corrected chi connectivity index (χ3v) is 4.18. The molecule has 2 aromatic rings.